The molecule has 1 aliphatic rings. The first-order valence-electron chi connectivity index (χ1n) is 6.24. The van der Waals surface area contributed by atoms with Crippen molar-refractivity contribution in [3.8, 4) is 0 Å². The van der Waals surface area contributed by atoms with E-state index < -0.39 is 5.60 Å². The summed E-state index contributed by atoms with van der Waals surface area (Å²) in [5.41, 5.74) is -0.728. The van der Waals surface area contributed by atoms with Gasteiger partial charge in [0.2, 0.25) is 0 Å². The zero-order valence-corrected chi connectivity index (χ0v) is 9.91. The standard InChI is InChI=1S/C13H21NO2/c1-2-9-14-11-5-7-13(15,8-6-11)12-4-3-10-16-12/h3-4,10-11,14-15H,2,5-9H2,1H3. The molecule has 0 radical (unpaired) electrons. The number of rotatable bonds is 4. The van der Waals surface area contributed by atoms with Gasteiger partial charge in [0, 0.05) is 6.04 Å². The zero-order chi connectivity index (χ0) is 11.4. The lowest BCUT2D eigenvalue weighted by Gasteiger charge is -2.34. The molecule has 0 saturated heterocycles. The maximum absolute atomic E-state index is 10.5. The van der Waals surface area contributed by atoms with Gasteiger partial charge >= 0.3 is 0 Å². The molecule has 16 heavy (non-hydrogen) atoms. The van der Waals surface area contributed by atoms with E-state index in [9.17, 15) is 5.11 Å². The van der Waals surface area contributed by atoms with Crippen molar-refractivity contribution in [1.29, 1.82) is 0 Å². The summed E-state index contributed by atoms with van der Waals surface area (Å²) in [6, 6.07) is 4.28. The second-order valence-corrected chi connectivity index (χ2v) is 4.74. The predicted molar refractivity (Wildman–Crippen MR) is 63.2 cm³/mol. The van der Waals surface area contributed by atoms with Crippen molar-refractivity contribution >= 4 is 0 Å². The average Bonchev–Trinajstić information content (AvgIpc) is 2.83. The molecule has 0 amide bonds. The molecule has 0 spiro atoms. The van der Waals surface area contributed by atoms with E-state index in [2.05, 4.69) is 12.2 Å². The number of nitrogens with one attached hydrogen (secondary N) is 1. The van der Waals surface area contributed by atoms with Crippen LogP contribution in [0, 0.1) is 0 Å². The Morgan fingerprint density at radius 3 is 2.81 bits per heavy atom. The molecule has 1 aromatic heterocycles. The van der Waals surface area contributed by atoms with Crippen LogP contribution in [0.4, 0.5) is 0 Å². The van der Waals surface area contributed by atoms with Crippen molar-refractivity contribution in [2.45, 2.75) is 50.7 Å². The van der Waals surface area contributed by atoms with Crippen LogP contribution in [0.15, 0.2) is 22.8 Å². The van der Waals surface area contributed by atoms with E-state index in [-0.39, 0.29) is 0 Å². The van der Waals surface area contributed by atoms with Gasteiger partial charge in [0.15, 0.2) is 0 Å². The molecule has 1 saturated carbocycles. The highest BCUT2D eigenvalue weighted by Crippen LogP contribution is 2.37. The van der Waals surface area contributed by atoms with Gasteiger partial charge in [-0.3, -0.25) is 0 Å². The van der Waals surface area contributed by atoms with E-state index in [1.165, 1.54) is 6.42 Å². The number of hydrogen-bond donors (Lipinski definition) is 2. The molecular formula is C13H21NO2. The monoisotopic (exact) mass is 223 g/mol. The average molecular weight is 223 g/mol. The summed E-state index contributed by atoms with van der Waals surface area (Å²) < 4.78 is 5.32. The van der Waals surface area contributed by atoms with E-state index in [0.717, 1.165) is 38.0 Å². The van der Waals surface area contributed by atoms with Gasteiger partial charge in [-0.25, -0.2) is 0 Å². The summed E-state index contributed by atoms with van der Waals surface area (Å²) in [5, 5.41) is 14.0. The minimum atomic E-state index is -0.728. The normalized spacial score (nSPS) is 30.5. The molecular weight excluding hydrogens is 202 g/mol. The van der Waals surface area contributed by atoms with Crippen LogP contribution in [-0.4, -0.2) is 17.7 Å². The van der Waals surface area contributed by atoms with E-state index in [1.807, 2.05) is 12.1 Å². The summed E-state index contributed by atoms with van der Waals surface area (Å²) in [5.74, 6) is 0.724. The summed E-state index contributed by atoms with van der Waals surface area (Å²) in [6.07, 6.45) is 6.44. The van der Waals surface area contributed by atoms with Gasteiger partial charge < -0.3 is 14.8 Å². The third-order valence-corrected chi connectivity index (χ3v) is 3.48. The van der Waals surface area contributed by atoms with Gasteiger partial charge in [0.25, 0.3) is 0 Å². The molecule has 1 aliphatic carbocycles. The minimum Gasteiger partial charge on any atom is -0.466 e. The first-order chi connectivity index (χ1) is 7.74. The van der Waals surface area contributed by atoms with Crippen LogP contribution in [0.1, 0.15) is 44.8 Å². The van der Waals surface area contributed by atoms with Crippen LogP contribution in [0.2, 0.25) is 0 Å². The maximum atomic E-state index is 10.5. The second kappa shape index (κ2) is 5.02. The van der Waals surface area contributed by atoms with E-state index in [0.29, 0.717) is 6.04 Å². The molecule has 0 aromatic carbocycles. The lowest BCUT2D eigenvalue weighted by Crippen LogP contribution is -2.39. The Kier molecular flexibility index (Phi) is 3.66. The molecule has 0 aliphatic heterocycles. The van der Waals surface area contributed by atoms with Crippen LogP contribution in [0.25, 0.3) is 0 Å². The summed E-state index contributed by atoms with van der Waals surface area (Å²) in [7, 11) is 0. The van der Waals surface area contributed by atoms with Crippen molar-refractivity contribution in [2.24, 2.45) is 0 Å². The Morgan fingerprint density at radius 2 is 2.25 bits per heavy atom. The molecule has 0 unspecified atom stereocenters. The molecule has 0 atom stereocenters. The van der Waals surface area contributed by atoms with Gasteiger partial charge in [-0.2, -0.15) is 0 Å². The highest BCUT2D eigenvalue weighted by molar-refractivity contribution is 5.10. The van der Waals surface area contributed by atoms with Gasteiger partial charge in [-0.1, -0.05) is 6.92 Å². The second-order valence-electron chi connectivity index (χ2n) is 4.74. The van der Waals surface area contributed by atoms with Crippen LogP contribution in [0.3, 0.4) is 0 Å². The summed E-state index contributed by atoms with van der Waals surface area (Å²) >= 11 is 0. The van der Waals surface area contributed by atoms with Crippen LogP contribution >= 0.6 is 0 Å². The van der Waals surface area contributed by atoms with Crippen molar-refractivity contribution in [3.05, 3.63) is 24.2 Å². The first kappa shape index (κ1) is 11.7. The Morgan fingerprint density at radius 1 is 1.50 bits per heavy atom. The van der Waals surface area contributed by atoms with E-state index in [1.54, 1.807) is 6.26 Å². The van der Waals surface area contributed by atoms with Crippen molar-refractivity contribution in [2.75, 3.05) is 6.54 Å². The van der Waals surface area contributed by atoms with Crippen molar-refractivity contribution < 1.29 is 9.52 Å². The van der Waals surface area contributed by atoms with Crippen molar-refractivity contribution in [3.63, 3.8) is 0 Å². The topological polar surface area (TPSA) is 45.4 Å². The number of hydrogen-bond acceptors (Lipinski definition) is 3. The highest BCUT2D eigenvalue weighted by atomic mass is 16.4. The molecule has 1 fully saturated rings. The molecule has 0 bridgehead atoms. The third kappa shape index (κ3) is 2.47. The largest absolute Gasteiger partial charge is 0.466 e. The Balaban J connectivity index is 1.89. The summed E-state index contributed by atoms with van der Waals surface area (Å²) in [6.45, 7) is 3.25. The predicted octanol–water partition coefficient (Wildman–Crippen LogP) is 2.41. The van der Waals surface area contributed by atoms with Crippen LogP contribution < -0.4 is 5.32 Å². The maximum Gasteiger partial charge on any atom is 0.135 e. The number of furan rings is 1. The highest BCUT2D eigenvalue weighted by Gasteiger charge is 2.36. The Bertz CT molecular complexity index is 300. The van der Waals surface area contributed by atoms with Crippen LogP contribution in [0.5, 0.6) is 0 Å². The van der Waals surface area contributed by atoms with Gasteiger partial charge in [0.05, 0.1) is 6.26 Å². The molecule has 2 N–H and O–H groups in total. The molecule has 2 rings (SSSR count). The SMILES string of the molecule is CCCNC1CCC(O)(c2ccco2)CC1. The molecule has 90 valence electrons. The fourth-order valence-electron chi connectivity index (χ4n) is 2.44. The zero-order valence-electron chi connectivity index (χ0n) is 9.91. The van der Waals surface area contributed by atoms with Gasteiger partial charge in [0.1, 0.15) is 11.4 Å². The lowest BCUT2D eigenvalue weighted by molar-refractivity contribution is -0.0266. The fraction of sp³-hybridized carbons (Fsp3) is 0.692. The minimum absolute atomic E-state index is 0.565. The quantitative estimate of drug-likeness (QED) is 0.824. The first-order valence-corrected chi connectivity index (χ1v) is 6.24. The smallest absolute Gasteiger partial charge is 0.135 e. The van der Waals surface area contributed by atoms with Gasteiger partial charge in [-0.05, 0) is 50.8 Å². The summed E-state index contributed by atoms with van der Waals surface area (Å²) in [4.78, 5) is 0. The molecule has 3 heteroatoms. The molecule has 1 aromatic rings. The Labute approximate surface area is 96.8 Å². The number of aliphatic hydroxyl groups is 1. The van der Waals surface area contributed by atoms with E-state index >= 15 is 0 Å². The Hall–Kier alpha value is -0.800. The molecule has 1 heterocycles. The lowest BCUT2D eigenvalue weighted by atomic mass is 9.80. The molecule has 3 nitrogen and oxygen atoms in total. The van der Waals surface area contributed by atoms with Gasteiger partial charge in [-0.15, -0.1) is 0 Å². The van der Waals surface area contributed by atoms with E-state index in [4.69, 9.17) is 4.42 Å². The van der Waals surface area contributed by atoms with Crippen molar-refractivity contribution in [1.82, 2.24) is 5.32 Å². The third-order valence-electron chi connectivity index (χ3n) is 3.48. The fourth-order valence-corrected chi connectivity index (χ4v) is 2.44. The van der Waals surface area contributed by atoms with Crippen LogP contribution in [-0.2, 0) is 5.60 Å².